The molecule has 108 valence electrons. The summed E-state index contributed by atoms with van der Waals surface area (Å²) in [5.41, 5.74) is 6.74. The highest BCUT2D eigenvalue weighted by atomic mass is 14.5. The Hall–Kier alpha value is -1.56. The largest absolute Gasteiger partial charge is 0.0879 e. The molecular weight excluding hydrogens is 252 g/mol. The lowest BCUT2D eigenvalue weighted by Gasteiger charge is -2.39. The van der Waals surface area contributed by atoms with Gasteiger partial charge in [-0.25, -0.2) is 0 Å². The number of benzene rings is 2. The molecule has 2 unspecified atom stereocenters. The zero-order valence-corrected chi connectivity index (χ0v) is 13.4. The quantitative estimate of drug-likeness (QED) is 0.523. The molecule has 1 fully saturated rings. The lowest BCUT2D eigenvalue weighted by atomic mass is 9.65. The first-order chi connectivity index (χ1) is 10.1. The van der Waals surface area contributed by atoms with E-state index in [4.69, 9.17) is 0 Å². The van der Waals surface area contributed by atoms with Crippen molar-refractivity contribution < 1.29 is 0 Å². The predicted octanol–water partition coefficient (Wildman–Crippen LogP) is 5.92. The molecule has 2 aromatic carbocycles. The van der Waals surface area contributed by atoms with Crippen molar-refractivity contribution in [3.63, 3.8) is 0 Å². The Balaban J connectivity index is 1.92. The first-order valence-corrected chi connectivity index (χ1v) is 8.31. The predicted molar refractivity (Wildman–Crippen MR) is 90.8 cm³/mol. The van der Waals surface area contributed by atoms with Gasteiger partial charge in [0.15, 0.2) is 0 Å². The molecule has 0 heterocycles. The van der Waals surface area contributed by atoms with E-state index in [1.807, 2.05) is 0 Å². The van der Waals surface area contributed by atoms with E-state index in [1.54, 1.807) is 16.7 Å². The number of fused-ring (bicyclic) bond motifs is 5. The van der Waals surface area contributed by atoms with Crippen LogP contribution in [0.1, 0.15) is 55.7 Å². The second-order valence-corrected chi connectivity index (χ2v) is 7.18. The second-order valence-electron chi connectivity index (χ2n) is 7.18. The average Bonchev–Trinajstić information content (AvgIpc) is 2.83. The van der Waals surface area contributed by atoms with Crippen molar-refractivity contribution in [3.05, 3.63) is 58.7 Å². The molecule has 0 radical (unpaired) electrons. The molecule has 0 saturated heterocycles. The third-order valence-electron chi connectivity index (χ3n) is 6.15. The van der Waals surface area contributed by atoms with Crippen molar-refractivity contribution in [3.8, 4) is 0 Å². The fourth-order valence-electron chi connectivity index (χ4n) is 4.96. The Bertz CT molecular complexity index is 750. The fourth-order valence-corrected chi connectivity index (χ4v) is 4.96. The van der Waals surface area contributed by atoms with Gasteiger partial charge in [0, 0.05) is 0 Å². The van der Waals surface area contributed by atoms with Crippen LogP contribution in [-0.4, -0.2) is 0 Å². The van der Waals surface area contributed by atoms with Gasteiger partial charge in [-0.15, -0.1) is 0 Å². The van der Waals surface area contributed by atoms with Crippen molar-refractivity contribution in [2.45, 2.75) is 52.4 Å². The zero-order chi connectivity index (χ0) is 14.6. The molecule has 0 aromatic heterocycles. The molecule has 0 heteroatoms. The van der Waals surface area contributed by atoms with Gasteiger partial charge in [0.1, 0.15) is 0 Å². The minimum absolute atomic E-state index is 0.417. The maximum Gasteiger partial charge on any atom is -0.00445 e. The maximum atomic E-state index is 2.50. The summed E-state index contributed by atoms with van der Waals surface area (Å²) in [6, 6.07) is 11.7. The van der Waals surface area contributed by atoms with Crippen LogP contribution in [0.2, 0.25) is 0 Å². The van der Waals surface area contributed by atoms with Gasteiger partial charge in [-0.1, -0.05) is 54.5 Å². The van der Waals surface area contributed by atoms with Gasteiger partial charge >= 0.3 is 0 Å². The van der Waals surface area contributed by atoms with E-state index in [0.29, 0.717) is 5.41 Å². The Labute approximate surface area is 127 Å². The molecule has 0 nitrogen and oxygen atoms in total. The summed E-state index contributed by atoms with van der Waals surface area (Å²) in [7, 11) is 0. The maximum absolute atomic E-state index is 2.50. The lowest BCUT2D eigenvalue weighted by molar-refractivity contribution is 0.307. The molecule has 1 saturated carbocycles. The van der Waals surface area contributed by atoms with Crippen LogP contribution >= 0.6 is 0 Å². The third kappa shape index (κ3) is 1.75. The van der Waals surface area contributed by atoms with Crippen LogP contribution in [0.15, 0.2) is 42.0 Å². The third-order valence-corrected chi connectivity index (χ3v) is 6.15. The van der Waals surface area contributed by atoms with Crippen LogP contribution in [0.4, 0.5) is 0 Å². The van der Waals surface area contributed by atoms with E-state index in [1.165, 1.54) is 42.0 Å². The average molecular weight is 276 g/mol. The molecule has 0 N–H and O–H groups in total. The van der Waals surface area contributed by atoms with E-state index >= 15 is 0 Å². The summed E-state index contributed by atoms with van der Waals surface area (Å²) in [4.78, 5) is 0. The molecule has 2 aliphatic carbocycles. The molecule has 2 atom stereocenters. The highest BCUT2D eigenvalue weighted by Gasteiger charge is 2.45. The first kappa shape index (κ1) is 13.1. The molecule has 4 rings (SSSR count). The summed E-state index contributed by atoms with van der Waals surface area (Å²) in [5, 5.41) is 2.91. The Morgan fingerprint density at radius 1 is 1.14 bits per heavy atom. The molecule has 0 bridgehead atoms. The number of hydrogen-bond donors (Lipinski definition) is 0. The van der Waals surface area contributed by atoms with Crippen LogP contribution in [-0.2, 0) is 6.42 Å². The topological polar surface area (TPSA) is 0 Å². The number of aryl methyl sites for hydroxylation is 2. The van der Waals surface area contributed by atoms with Crippen molar-refractivity contribution in [2.75, 3.05) is 0 Å². The van der Waals surface area contributed by atoms with Gasteiger partial charge < -0.3 is 0 Å². The van der Waals surface area contributed by atoms with E-state index < -0.39 is 0 Å². The molecule has 0 amide bonds. The Kier molecular flexibility index (Phi) is 2.79. The molecule has 0 spiro atoms. The SMILES string of the molecule is C/C=C1/CCC2c3ccc4cc(C)ccc4c3CCC12C. The standard InChI is InChI=1S/C21H24/c1-4-16-7-10-20-19-9-6-15-13-14(2)5-8-17(15)18(19)11-12-21(16,20)3/h4-6,8-9,13,20H,7,10-12H2,1-3H3/b16-4-. The molecule has 0 aliphatic heterocycles. The van der Waals surface area contributed by atoms with E-state index in [0.717, 1.165) is 5.92 Å². The zero-order valence-electron chi connectivity index (χ0n) is 13.4. The van der Waals surface area contributed by atoms with Crippen molar-refractivity contribution in [2.24, 2.45) is 5.41 Å². The van der Waals surface area contributed by atoms with Crippen LogP contribution in [0, 0.1) is 12.3 Å². The van der Waals surface area contributed by atoms with Gasteiger partial charge in [-0.05, 0) is 72.8 Å². The minimum atomic E-state index is 0.417. The number of rotatable bonds is 0. The highest BCUT2D eigenvalue weighted by molar-refractivity contribution is 5.88. The Morgan fingerprint density at radius 2 is 2.00 bits per heavy atom. The Morgan fingerprint density at radius 3 is 2.81 bits per heavy atom. The number of hydrogen-bond acceptors (Lipinski definition) is 0. The van der Waals surface area contributed by atoms with E-state index in [2.05, 4.69) is 57.2 Å². The van der Waals surface area contributed by atoms with E-state index in [9.17, 15) is 0 Å². The van der Waals surface area contributed by atoms with Gasteiger partial charge in [0.2, 0.25) is 0 Å². The molecule has 2 aromatic rings. The number of allylic oxidation sites excluding steroid dienone is 2. The minimum Gasteiger partial charge on any atom is -0.0879 e. The van der Waals surface area contributed by atoms with Gasteiger partial charge in [0.25, 0.3) is 0 Å². The fraction of sp³-hybridized carbons (Fsp3) is 0.429. The van der Waals surface area contributed by atoms with Crippen LogP contribution in [0.3, 0.4) is 0 Å². The van der Waals surface area contributed by atoms with Crippen molar-refractivity contribution in [1.82, 2.24) is 0 Å². The normalized spacial score (nSPS) is 29.7. The first-order valence-electron chi connectivity index (χ1n) is 8.31. The van der Waals surface area contributed by atoms with E-state index in [-0.39, 0.29) is 0 Å². The highest BCUT2D eigenvalue weighted by Crippen LogP contribution is 2.58. The summed E-state index contributed by atoms with van der Waals surface area (Å²) in [5.74, 6) is 0.734. The van der Waals surface area contributed by atoms with Gasteiger partial charge in [-0.2, -0.15) is 0 Å². The lowest BCUT2D eigenvalue weighted by Crippen LogP contribution is -2.28. The van der Waals surface area contributed by atoms with Gasteiger partial charge in [-0.3, -0.25) is 0 Å². The summed E-state index contributed by atoms with van der Waals surface area (Å²) >= 11 is 0. The van der Waals surface area contributed by atoms with Crippen LogP contribution in [0.5, 0.6) is 0 Å². The van der Waals surface area contributed by atoms with Crippen LogP contribution < -0.4 is 0 Å². The monoisotopic (exact) mass is 276 g/mol. The van der Waals surface area contributed by atoms with Crippen molar-refractivity contribution in [1.29, 1.82) is 0 Å². The molecule has 2 aliphatic rings. The van der Waals surface area contributed by atoms with Crippen LogP contribution in [0.25, 0.3) is 10.8 Å². The summed E-state index contributed by atoms with van der Waals surface area (Å²) in [6.07, 6.45) is 7.57. The molecule has 21 heavy (non-hydrogen) atoms. The second kappa shape index (κ2) is 4.47. The summed E-state index contributed by atoms with van der Waals surface area (Å²) < 4.78 is 0. The summed E-state index contributed by atoms with van der Waals surface area (Å²) in [6.45, 7) is 6.91. The van der Waals surface area contributed by atoms with Crippen molar-refractivity contribution >= 4 is 10.8 Å². The van der Waals surface area contributed by atoms with Gasteiger partial charge in [0.05, 0.1) is 0 Å². The smallest absolute Gasteiger partial charge is 0.00445 e. The molecular formula is C21H24.